The van der Waals surface area contributed by atoms with Crippen molar-refractivity contribution in [2.45, 2.75) is 25.4 Å². The Morgan fingerprint density at radius 3 is 2.20 bits per heavy atom. The predicted molar refractivity (Wildman–Crippen MR) is 37.7 cm³/mol. The van der Waals surface area contributed by atoms with Crippen molar-refractivity contribution in [3.63, 3.8) is 0 Å². The molecule has 2 aliphatic rings. The molecule has 2 heteroatoms. The number of ether oxygens (including phenoxy) is 1. The minimum atomic E-state index is -0.0532. The van der Waals surface area contributed by atoms with E-state index >= 15 is 0 Å². The van der Waals surface area contributed by atoms with Crippen molar-refractivity contribution in [3.8, 4) is 0 Å². The van der Waals surface area contributed by atoms with Crippen LogP contribution in [0, 0.1) is 11.8 Å². The highest BCUT2D eigenvalue weighted by Crippen LogP contribution is 2.33. The quantitative estimate of drug-likeness (QED) is 0.542. The molecule has 58 valence electrons. The van der Waals surface area contributed by atoms with Gasteiger partial charge in [0.25, 0.3) is 0 Å². The summed E-state index contributed by atoms with van der Waals surface area (Å²) in [5.74, 6) is 0.903. The van der Waals surface area contributed by atoms with Crippen LogP contribution in [0.1, 0.15) is 19.3 Å². The standard InChI is InChI=1S/C8H14O2/c9-8-6-2-1-3-7(8)5-10-4-6/h6-9H,1-5H2/t6-,7+,8?. The Morgan fingerprint density at radius 1 is 1.10 bits per heavy atom. The minimum absolute atomic E-state index is 0.0532. The molecule has 3 atom stereocenters. The summed E-state index contributed by atoms with van der Waals surface area (Å²) in [7, 11) is 0. The van der Waals surface area contributed by atoms with Gasteiger partial charge in [-0.2, -0.15) is 0 Å². The molecule has 1 unspecified atom stereocenters. The highest BCUT2D eigenvalue weighted by atomic mass is 16.5. The molecule has 0 aromatic rings. The van der Waals surface area contributed by atoms with E-state index in [1.165, 1.54) is 6.42 Å². The summed E-state index contributed by atoms with van der Waals surface area (Å²) in [5.41, 5.74) is 0. The number of hydrogen-bond donors (Lipinski definition) is 1. The Bertz CT molecular complexity index is 102. The van der Waals surface area contributed by atoms with Crippen LogP contribution in [0.5, 0.6) is 0 Å². The molecule has 1 N–H and O–H groups in total. The van der Waals surface area contributed by atoms with E-state index in [1.54, 1.807) is 0 Å². The van der Waals surface area contributed by atoms with Gasteiger partial charge in [-0.3, -0.25) is 0 Å². The number of rotatable bonds is 0. The Morgan fingerprint density at radius 2 is 1.70 bits per heavy atom. The van der Waals surface area contributed by atoms with Gasteiger partial charge in [-0.05, 0) is 12.8 Å². The van der Waals surface area contributed by atoms with Crippen molar-refractivity contribution < 1.29 is 9.84 Å². The van der Waals surface area contributed by atoms with Crippen LogP contribution in [0.15, 0.2) is 0 Å². The smallest absolute Gasteiger partial charge is 0.0640 e. The highest BCUT2D eigenvalue weighted by Gasteiger charge is 2.35. The first-order valence-corrected chi connectivity index (χ1v) is 4.14. The molecule has 2 fully saturated rings. The largest absolute Gasteiger partial charge is 0.392 e. The maximum atomic E-state index is 9.61. The normalized spacial score (nSPS) is 47.1. The van der Waals surface area contributed by atoms with Crippen molar-refractivity contribution in [1.29, 1.82) is 0 Å². The van der Waals surface area contributed by atoms with Crippen molar-refractivity contribution in [3.05, 3.63) is 0 Å². The molecule has 1 aliphatic heterocycles. The fraction of sp³-hybridized carbons (Fsp3) is 1.00. The van der Waals surface area contributed by atoms with Crippen LogP contribution in [-0.4, -0.2) is 24.4 Å². The van der Waals surface area contributed by atoms with Gasteiger partial charge < -0.3 is 9.84 Å². The molecule has 2 bridgehead atoms. The molecule has 0 spiro atoms. The van der Waals surface area contributed by atoms with Crippen LogP contribution in [-0.2, 0) is 4.74 Å². The van der Waals surface area contributed by atoms with E-state index in [0.717, 1.165) is 26.1 Å². The van der Waals surface area contributed by atoms with Crippen molar-refractivity contribution in [1.82, 2.24) is 0 Å². The molecular weight excluding hydrogens is 128 g/mol. The maximum Gasteiger partial charge on any atom is 0.0640 e. The molecule has 1 heterocycles. The lowest BCUT2D eigenvalue weighted by molar-refractivity contribution is -0.102. The molecule has 0 amide bonds. The van der Waals surface area contributed by atoms with E-state index in [2.05, 4.69) is 0 Å². The fourth-order valence-electron chi connectivity index (χ4n) is 2.10. The lowest BCUT2D eigenvalue weighted by Crippen LogP contribution is -2.42. The van der Waals surface area contributed by atoms with E-state index < -0.39 is 0 Å². The van der Waals surface area contributed by atoms with Crippen LogP contribution >= 0.6 is 0 Å². The number of aliphatic hydroxyl groups is 1. The van der Waals surface area contributed by atoms with E-state index in [1.807, 2.05) is 0 Å². The summed E-state index contributed by atoms with van der Waals surface area (Å²) in [4.78, 5) is 0. The molecule has 1 saturated heterocycles. The van der Waals surface area contributed by atoms with Gasteiger partial charge in [-0.15, -0.1) is 0 Å². The Balaban J connectivity index is 2.05. The van der Waals surface area contributed by atoms with E-state index in [-0.39, 0.29) is 6.10 Å². The average molecular weight is 142 g/mol. The summed E-state index contributed by atoms with van der Waals surface area (Å²) in [6.07, 6.45) is 3.56. The van der Waals surface area contributed by atoms with Gasteiger partial charge in [0.1, 0.15) is 0 Å². The lowest BCUT2D eigenvalue weighted by atomic mass is 9.78. The maximum absolute atomic E-state index is 9.61. The van der Waals surface area contributed by atoms with Crippen LogP contribution in [0.25, 0.3) is 0 Å². The fourth-order valence-corrected chi connectivity index (χ4v) is 2.10. The van der Waals surface area contributed by atoms with Crippen molar-refractivity contribution in [2.24, 2.45) is 11.8 Å². The second-order valence-corrected chi connectivity index (χ2v) is 3.48. The van der Waals surface area contributed by atoms with Crippen LogP contribution < -0.4 is 0 Å². The van der Waals surface area contributed by atoms with Crippen molar-refractivity contribution in [2.75, 3.05) is 13.2 Å². The van der Waals surface area contributed by atoms with Gasteiger partial charge in [0.2, 0.25) is 0 Å². The first-order chi connectivity index (χ1) is 4.88. The first kappa shape index (κ1) is 6.62. The molecule has 0 radical (unpaired) electrons. The van der Waals surface area contributed by atoms with Crippen molar-refractivity contribution >= 4 is 0 Å². The van der Waals surface area contributed by atoms with Crippen LogP contribution in [0.4, 0.5) is 0 Å². The second-order valence-electron chi connectivity index (χ2n) is 3.48. The summed E-state index contributed by atoms with van der Waals surface area (Å²) in [6.45, 7) is 1.58. The molecule has 1 saturated carbocycles. The van der Waals surface area contributed by atoms with Gasteiger partial charge in [0.15, 0.2) is 0 Å². The number of hydrogen-bond acceptors (Lipinski definition) is 2. The molecule has 0 aromatic heterocycles. The van der Waals surface area contributed by atoms with Gasteiger partial charge in [0.05, 0.1) is 19.3 Å². The summed E-state index contributed by atoms with van der Waals surface area (Å²) in [6, 6.07) is 0. The predicted octanol–water partition coefficient (Wildman–Crippen LogP) is 0.794. The van der Waals surface area contributed by atoms with E-state index in [9.17, 15) is 5.11 Å². The third kappa shape index (κ3) is 0.956. The second kappa shape index (κ2) is 2.51. The monoisotopic (exact) mass is 142 g/mol. The summed E-state index contributed by atoms with van der Waals surface area (Å²) >= 11 is 0. The zero-order chi connectivity index (χ0) is 6.97. The van der Waals surface area contributed by atoms with E-state index in [4.69, 9.17) is 4.74 Å². The molecule has 0 aromatic carbocycles. The summed E-state index contributed by atoms with van der Waals surface area (Å²) in [5, 5.41) is 9.61. The minimum Gasteiger partial charge on any atom is -0.392 e. The Hall–Kier alpha value is -0.0800. The summed E-state index contributed by atoms with van der Waals surface area (Å²) < 4.78 is 5.35. The lowest BCUT2D eigenvalue weighted by Gasteiger charge is -2.38. The van der Waals surface area contributed by atoms with Crippen LogP contribution in [0.3, 0.4) is 0 Å². The molecule has 1 aliphatic carbocycles. The van der Waals surface area contributed by atoms with Gasteiger partial charge in [-0.25, -0.2) is 0 Å². The van der Waals surface area contributed by atoms with Crippen LogP contribution in [0.2, 0.25) is 0 Å². The first-order valence-electron chi connectivity index (χ1n) is 4.14. The topological polar surface area (TPSA) is 29.5 Å². The third-order valence-corrected chi connectivity index (χ3v) is 2.78. The molecular formula is C8H14O2. The SMILES string of the molecule is OC1[C@@H]2CCC[C@H]1COC2. The third-order valence-electron chi connectivity index (χ3n) is 2.78. The molecule has 2 rings (SSSR count). The zero-order valence-electron chi connectivity index (χ0n) is 6.12. The zero-order valence-corrected chi connectivity index (χ0v) is 6.12. The number of aliphatic hydroxyl groups excluding tert-OH is 1. The molecule has 10 heavy (non-hydrogen) atoms. The average Bonchev–Trinajstić information content (AvgIpc) is 1.86. The Labute approximate surface area is 61.2 Å². The highest BCUT2D eigenvalue weighted by molar-refractivity contribution is 4.84. The van der Waals surface area contributed by atoms with E-state index in [0.29, 0.717) is 11.8 Å². The number of fused-ring (bicyclic) bond motifs is 2. The Kier molecular flexibility index (Phi) is 1.66. The van der Waals surface area contributed by atoms with Gasteiger partial charge in [0, 0.05) is 11.8 Å². The van der Waals surface area contributed by atoms with Gasteiger partial charge >= 0.3 is 0 Å². The molecule has 2 nitrogen and oxygen atoms in total. The van der Waals surface area contributed by atoms with Gasteiger partial charge in [-0.1, -0.05) is 6.42 Å².